The van der Waals surface area contributed by atoms with E-state index >= 15 is 0 Å². The number of hydrogen-bond acceptors (Lipinski definition) is 3. The van der Waals surface area contributed by atoms with Crippen molar-refractivity contribution in [2.24, 2.45) is 5.73 Å². The first-order chi connectivity index (χ1) is 8.20. The molecule has 0 aliphatic rings. The zero-order valence-electron chi connectivity index (χ0n) is 9.48. The first-order valence-corrected chi connectivity index (χ1v) is 6.07. The maximum Gasteiger partial charge on any atom is 0.133 e. The number of aromatic amines is 1. The molecule has 1 atom stereocenters. The number of imidazole rings is 1. The van der Waals surface area contributed by atoms with Gasteiger partial charge in [-0.05, 0) is 33.6 Å². The Bertz CT molecular complexity index is 485. The normalized spacial score (nSPS) is 12.4. The number of nitrogens with two attached hydrogens (primary N) is 1. The number of rotatable bonds is 4. The summed E-state index contributed by atoms with van der Waals surface area (Å²) in [7, 11) is 1.64. The summed E-state index contributed by atoms with van der Waals surface area (Å²) in [5, 5.41) is 0. The Balaban J connectivity index is 2.14. The molecule has 0 saturated heterocycles. The zero-order chi connectivity index (χ0) is 12.3. The Morgan fingerprint density at radius 3 is 2.94 bits per heavy atom. The van der Waals surface area contributed by atoms with Crippen LogP contribution in [-0.2, 0) is 6.42 Å². The molecule has 0 fully saturated rings. The second kappa shape index (κ2) is 5.33. The summed E-state index contributed by atoms with van der Waals surface area (Å²) >= 11 is 3.45. The van der Waals surface area contributed by atoms with Gasteiger partial charge in [0, 0.05) is 24.9 Å². The molecule has 0 saturated carbocycles. The highest BCUT2D eigenvalue weighted by Crippen LogP contribution is 2.28. The van der Waals surface area contributed by atoms with Crippen molar-refractivity contribution >= 4 is 15.9 Å². The van der Waals surface area contributed by atoms with Crippen molar-refractivity contribution in [1.82, 2.24) is 9.97 Å². The quantitative estimate of drug-likeness (QED) is 0.910. The minimum absolute atomic E-state index is 0.0802. The summed E-state index contributed by atoms with van der Waals surface area (Å²) in [6, 6.07) is 5.77. The number of benzene rings is 1. The van der Waals surface area contributed by atoms with Crippen molar-refractivity contribution in [3.05, 3.63) is 46.5 Å². The van der Waals surface area contributed by atoms with E-state index in [-0.39, 0.29) is 6.04 Å². The van der Waals surface area contributed by atoms with Crippen LogP contribution >= 0.6 is 15.9 Å². The minimum Gasteiger partial charge on any atom is -0.496 e. The van der Waals surface area contributed by atoms with Gasteiger partial charge in [0.15, 0.2) is 0 Å². The van der Waals surface area contributed by atoms with Gasteiger partial charge in [-0.3, -0.25) is 0 Å². The monoisotopic (exact) mass is 295 g/mol. The van der Waals surface area contributed by atoms with Crippen molar-refractivity contribution in [2.45, 2.75) is 12.5 Å². The van der Waals surface area contributed by atoms with Crippen molar-refractivity contribution in [3.8, 4) is 5.75 Å². The molecule has 2 rings (SSSR count). The molecule has 0 aliphatic heterocycles. The highest BCUT2D eigenvalue weighted by Gasteiger charge is 2.10. The summed E-state index contributed by atoms with van der Waals surface area (Å²) in [5.41, 5.74) is 7.18. The number of ether oxygens (including phenoxy) is 1. The van der Waals surface area contributed by atoms with E-state index in [1.165, 1.54) is 0 Å². The van der Waals surface area contributed by atoms with Crippen molar-refractivity contribution in [3.63, 3.8) is 0 Å². The molecule has 1 aromatic heterocycles. The topological polar surface area (TPSA) is 63.9 Å². The highest BCUT2D eigenvalue weighted by atomic mass is 79.9. The van der Waals surface area contributed by atoms with Crippen LogP contribution in [0.4, 0.5) is 0 Å². The van der Waals surface area contributed by atoms with E-state index in [9.17, 15) is 0 Å². The summed E-state index contributed by atoms with van der Waals surface area (Å²) in [4.78, 5) is 7.21. The first kappa shape index (κ1) is 12.1. The number of nitrogens with one attached hydrogen (secondary N) is 1. The number of halogens is 1. The van der Waals surface area contributed by atoms with Crippen LogP contribution in [0.1, 0.15) is 17.4 Å². The summed E-state index contributed by atoms with van der Waals surface area (Å²) in [5.74, 6) is 1.70. The predicted octanol–water partition coefficient (Wildman–Crippen LogP) is 2.42. The van der Waals surface area contributed by atoms with Gasteiger partial charge in [-0.15, -0.1) is 0 Å². The third kappa shape index (κ3) is 2.87. The number of nitrogens with zero attached hydrogens (tertiary/aromatic N) is 1. The van der Waals surface area contributed by atoms with Gasteiger partial charge in [0.25, 0.3) is 0 Å². The average Bonchev–Trinajstić information content (AvgIpc) is 2.81. The lowest BCUT2D eigenvalue weighted by atomic mass is 10.0. The Morgan fingerprint density at radius 1 is 1.53 bits per heavy atom. The molecule has 0 radical (unpaired) electrons. The van der Waals surface area contributed by atoms with E-state index in [0.717, 1.165) is 21.6 Å². The molecule has 1 aromatic carbocycles. The number of aromatic nitrogens is 2. The van der Waals surface area contributed by atoms with Gasteiger partial charge in [-0.1, -0.05) is 6.07 Å². The molecule has 0 aliphatic carbocycles. The molecular formula is C12H14BrN3O. The van der Waals surface area contributed by atoms with Gasteiger partial charge in [-0.25, -0.2) is 4.98 Å². The fraction of sp³-hybridized carbons (Fsp3) is 0.250. The SMILES string of the molecule is COc1ccc(C(N)Cc2ncc[nH]2)cc1Br. The lowest BCUT2D eigenvalue weighted by Gasteiger charge is -2.12. The molecule has 0 spiro atoms. The molecule has 4 nitrogen and oxygen atoms in total. The molecule has 3 N–H and O–H groups in total. The molecule has 0 amide bonds. The van der Waals surface area contributed by atoms with E-state index in [1.807, 2.05) is 18.2 Å². The summed E-state index contributed by atoms with van der Waals surface area (Å²) in [6.45, 7) is 0. The molecule has 2 aromatic rings. The van der Waals surface area contributed by atoms with Crippen LogP contribution in [0.5, 0.6) is 5.75 Å². The Kier molecular flexibility index (Phi) is 3.81. The number of hydrogen-bond donors (Lipinski definition) is 2. The lowest BCUT2D eigenvalue weighted by Crippen LogP contribution is -2.14. The van der Waals surface area contributed by atoms with Crippen molar-refractivity contribution in [1.29, 1.82) is 0 Å². The predicted molar refractivity (Wildman–Crippen MR) is 69.9 cm³/mol. The van der Waals surface area contributed by atoms with Gasteiger partial charge in [0.05, 0.1) is 11.6 Å². The third-order valence-electron chi connectivity index (χ3n) is 2.57. The van der Waals surface area contributed by atoms with Crippen LogP contribution in [-0.4, -0.2) is 17.1 Å². The molecule has 0 bridgehead atoms. The Hall–Kier alpha value is -1.33. The fourth-order valence-electron chi connectivity index (χ4n) is 1.65. The highest BCUT2D eigenvalue weighted by molar-refractivity contribution is 9.10. The molecule has 5 heteroatoms. The maximum absolute atomic E-state index is 6.12. The van der Waals surface area contributed by atoms with Crippen molar-refractivity contribution < 1.29 is 4.74 Å². The van der Waals surface area contributed by atoms with E-state index in [2.05, 4.69) is 25.9 Å². The molecule has 90 valence electrons. The summed E-state index contributed by atoms with van der Waals surface area (Å²) in [6.07, 6.45) is 4.21. The van der Waals surface area contributed by atoms with Gasteiger partial charge < -0.3 is 15.5 Å². The van der Waals surface area contributed by atoms with Gasteiger partial charge >= 0.3 is 0 Å². The maximum atomic E-state index is 6.12. The second-order valence-electron chi connectivity index (χ2n) is 3.74. The Morgan fingerprint density at radius 2 is 2.35 bits per heavy atom. The summed E-state index contributed by atoms with van der Waals surface area (Å²) < 4.78 is 6.09. The Labute approximate surface area is 108 Å². The molecule has 17 heavy (non-hydrogen) atoms. The zero-order valence-corrected chi connectivity index (χ0v) is 11.1. The van der Waals surface area contributed by atoms with Crippen LogP contribution < -0.4 is 10.5 Å². The third-order valence-corrected chi connectivity index (χ3v) is 3.19. The van der Waals surface area contributed by atoms with Crippen LogP contribution in [0.3, 0.4) is 0 Å². The van der Waals surface area contributed by atoms with Gasteiger partial charge in [-0.2, -0.15) is 0 Å². The van der Waals surface area contributed by atoms with E-state index in [0.29, 0.717) is 6.42 Å². The first-order valence-electron chi connectivity index (χ1n) is 5.28. The number of methoxy groups -OCH3 is 1. The van der Waals surface area contributed by atoms with Gasteiger partial charge in [0.1, 0.15) is 11.6 Å². The molecule has 1 heterocycles. The van der Waals surface area contributed by atoms with E-state index in [4.69, 9.17) is 10.5 Å². The molecular weight excluding hydrogens is 282 g/mol. The second-order valence-corrected chi connectivity index (χ2v) is 4.59. The standard InChI is InChI=1S/C12H14BrN3O/c1-17-11-3-2-8(6-9(11)13)10(14)7-12-15-4-5-16-12/h2-6,10H,7,14H2,1H3,(H,15,16). The average molecular weight is 296 g/mol. The van der Waals surface area contributed by atoms with Crippen molar-refractivity contribution in [2.75, 3.05) is 7.11 Å². The van der Waals surface area contributed by atoms with Crippen LogP contribution in [0.2, 0.25) is 0 Å². The van der Waals surface area contributed by atoms with Crippen LogP contribution in [0, 0.1) is 0 Å². The number of H-pyrrole nitrogens is 1. The smallest absolute Gasteiger partial charge is 0.133 e. The van der Waals surface area contributed by atoms with Gasteiger partial charge in [0.2, 0.25) is 0 Å². The fourth-order valence-corrected chi connectivity index (χ4v) is 2.21. The van der Waals surface area contributed by atoms with E-state index < -0.39 is 0 Å². The van der Waals surface area contributed by atoms with Crippen LogP contribution in [0.25, 0.3) is 0 Å². The van der Waals surface area contributed by atoms with Crippen LogP contribution in [0.15, 0.2) is 35.1 Å². The van der Waals surface area contributed by atoms with E-state index in [1.54, 1.807) is 19.5 Å². The largest absolute Gasteiger partial charge is 0.496 e. The minimum atomic E-state index is -0.0802. The lowest BCUT2D eigenvalue weighted by molar-refractivity contribution is 0.412. The molecule has 1 unspecified atom stereocenters.